The Morgan fingerprint density at radius 2 is 1.88 bits per heavy atom. The first kappa shape index (κ1) is 16.8. The maximum Gasteiger partial charge on any atom is 0.120 e. The standard InChI is InChI=1S/C20H27N3O2/c1-24-13-17-18(14-25-2)23-12-7-15-5-3-4-6-16(15)20(19(23)22-17)8-10-21-11-9-20/h3-6,21H,7-14H2,1-2H3. The average molecular weight is 341 g/mol. The van der Waals surface area contributed by atoms with Crippen LogP contribution < -0.4 is 5.32 Å². The number of fused-ring (bicyclic) bond motifs is 4. The van der Waals surface area contributed by atoms with Gasteiger partial charge in [-0.05, 0) is 43.5 Å². The molecule has 0 atom stereocenters. The number of aryl methyl sites for hydroxylation is 1. The summed E-state index contributed by atoms with van der Waals surface area (Å²) in [5.41, 5.74) is 5.12. The Kier molecular flexibility index (Phi) is 4.63. The molecule has 5 heteroatoms. The molecule has 1 aromatic heterocycles. The lowest BCUT2D eigenvalue weighted by Crippen LogP contribution is -2.42. The van der Waals surface area contributed by atoms with E-state index in [1.807, 2.05) is 0 Å². The van der Waals surface area contributed by atoms with Gasteiger partial charge in [-0.15, -0.1) is 0 Å². The second kappa shape index (κ2) is 6.90. The van der Waals surface area contributed by atoms with Crippen LogP contribution in [0.2, 0.25) is 0 Å². The van der Waals surface area contributed by atoms with E-state index in [0.717, 1.165) is 44.6 Å². The van der Waals surface area contributed by atoms with E-state index in [4.69, 9.17) is 14.5 Å². The molecule has 0 unspecified atom stereocenters. The summed E-state index contributed by atoms with van der Waals surface area (Å²) in [6.45, 7) is 4.13. The number of rotatable bonds is 4. The van der Waals surface area contributed by atoms with Crippen molar-refractivity contribution >= 4 is 0 Å². The second-order valence-corrected chi connectivity index (χ2v) is 7.09. The van der Waals surface area contributed by atoms with Crippen LogP contribution >= 0.6 is 0 Å². The van der Waals surface area contributed by atoms with Crippen molar-refractivity contribution in [2.45, 2.75) is 44.4 Å². The number of nitrogens with one attached hydrogen (secondary N) is 1. The zero-order valence-corrected chi connectivity index (χ0v) is 15.2. The van der Waals surface area contributed by atoms with Crippen LogP contribution in [-0.4, -0.2) is 36.9 Å². The molecule has 5 nitrogen and oxygen atoms in total. The van der Waals surface area contributed by atoms with Crippen molar-refractivity contribution in [2.75, 3.05) is 27.3 Å². The van der Waals surface area contributed by atoms with Gasteiger partial charge in [0.25, 0.3) is 0 Å². The number of imidazole rings is 1. The largest absolute Gasteiger partial charge is 0.378 e. The summed E-state index contributed by atoms with van der Waals surface area (Å²) in [5.74, 6) is 1.21. The first-order valence-electron chi connectivity index (χ1n) is 9.16. The van der Waals surface area contributed by atoms with Gasteiger partial charge in [0, 0.05) is 20.8 Å². The van der Waals surface area contributed by atoms with Crippen LogP contribution in [0.4, 0.5) is 0 Å². The van der Waals surface area contributed by atoms with Gasteiger partial charge in [0.1, 0.15) is 5.82 Å². The minimum Gasteiger partial charge on any atom is -0.378 e. The SMILES string of the molecule is COCc1nc2n(c1COC)CCc1ccccc1C21CCNCC1. The lowest BCUT2D eigenvalue weighted by molar-refractivity contribution is 0.162. The summed E-state index contributed by atoms with van der Waals surface area (Å²) in [6, 6.07) is 8.94. The molecule has 2 aliphatic rings. The summed E-state index contributed by atoms with van der Waals surface area (Å²) in [6.07, 6.45) is 3.21. The van der Waals surface area contributed by atoms with Crippen molar-refractivity contribution in [3.8, 4) is 0 Å². The Hall–Kier alpha value is -1.69. The fourth-order valence-corrected chi connectivity index (χ4v) is 4.60. The molecular weight excluding hydrogens is 314 g/mol. The first-order valence-corrected chi connectivity index (χ1v) is 9.16. The van der Waals surface area contributed by atoms with Crippen LogP contribution in [0.1, 0.15) is 41.2 Å². The summed E-state index contributed by atoms with van der Waals surface area (Å²) in [5, 5.41) is 3.52. The molecule has 1 fully saturated rings. The van der Waals surface area contributed by atoms with E-state index in [1.165, 1.54) is 22.6 Å². The van der Waals surface area contributed by atoms with Crippen molar-refractivity contribution in [3.05, 3.63) is 52.6 Å². The fourth-order valence-electron chi connectivity index (χ4n) is 4.60. The molecule has 0 saturated carbocycles. The molecule has 0 bridgehead atoms. The maximum atomic E-state index is 5.50. The molecule has 0 aliphatic carbocycles. The highest BCUT2D eigenvalue weighted by atomic mass is 16.5. The van der Waals surface area contributed by atoms with E-state index in [0.29, 0.717) is 13.2 Å². The highest BCUT2D eigenvalue weighted by Gasteiger charge is 2.43. The highest BCUT2D eigenvalue weighted by Crippen LogP contribution is 2.44. The third-order valence-corrected chi connectivity index (χ3v) is 5.74. The lowest BCUT2D eigenvalue weighted by atomic mass is 9.71. The van der Waals surface area contributed by atoms with Crippen molar-refractivity contribution in [2.24, 2.45) is 0 Å². The van der Waals surface area contributed by atoms with Gasteiger partial charge < -0.3 is 19.4 Å². The Morgan fingerprint density at radius 3 is 2.64 bits per heavy atom. The van der Waals surface area contributed by atoms with Crippen molar-refractivity contribution < 1.29 is 9.47 Å². The number of benzene rings is 1. The maximum absolute atomic E-state index is 5.50. The quantitative estimate of drug-likeness (QED) is 0.928. The Morgan fingerprint density at radius 1 is 1.12 bits per heavy atom. The molecule has 4 rings (SSSR count). The van der Waals surface area contributed by atoms with E-state index < -0.39 is 0 Å². The first-order chi connectivity index (χ1) is 12.3. The highest BCUT2D eigenvalue weighted by molar-refractivity contribution is 5.43. The predicted octanol–water partition coefficient (Wildman–Crippen LogP) is 2.40. The molecule has 3 heterocycles. The molecule has 1 spiro atoms. The lowest BCUT2D eigenvalue weighted by Gasteiger charge is -2.38. The number of hydrogen-bond acceptors (Lipinski definition) is 4. The van der Waals surface area contributed by atoms with Gasteiger partial charge in [-0.25, -0.2) is 4.98 Å². The van der Waals surface area contributed by atoms with E-state index in [1.54, 1.807) is 14.2 Å². The zero-order valence-electron chi connectivity index (χ0n) is 15.2. The normalized spacial score (nSPS) is 18.6. The monoisotopic (exact) mass is 341 g/mol. The van der Waals surface area contributed by atoms with Gasteiger partial charge in [0.05, 0.1) is 30.0 Å². The molecule has 134 valence electrons. The third kappa shape index (κ3) is 2.71. The number of ether oxygens (including phenoxy) is 2. The third-order valence-electron chi connectivity index (χ3n) is 5.74. The number of hydrogen-bond donors (Lipinski definition) is 1. The molecule has 2 aromatic rings. The van der Waals surface area contributed by atoms with Crippen molar-refractivity contribution in [1.29, 1.82) is 0 Å². The van der Waals surface area contributed by atoms with Crippen molar-refractivity contribution in [1.82, 2.24) is 14.9 Å². The summed E-state index contributed by atoms with van der Waals surface area (Å²) in [4.78, 5) is 5.13. The number of methoxy groups -OCH3 is 2. The van der Waals surface area contributed by atoms with Gasteiger partial charge in [-0.2, -0.15) is 0 Å². The fraction of sp³-hybridized carbons (Fsp3) is 0.550. The van der Waals surface area contributed by atoms with Gasteiger partial charge in [-0.1, -0.05) is 24.3 Å². The van der Waals surface area contributed by atoms with E-state index in [2.05, 4.69) is 34.1 Å². The van der Waals surface area contributed by atoms with Crippen LogP contribution in [0, 0.1) is 0 Å². The van der Waals surface area contributed by atoms with Gasteiger partial charge in [-0.3, -0.25) is 0 Å². The Bertz CT molecular complexity index is 747. The Balaban J connectivity index is 1.93. The molecule has 0 amide bonds. The van der Waals surface area contributed by atoms with Gasteiger partial charge in [0.2, 0.25) is 0 Å². The number of piperidine rings is 1. The molecular formula is C20H27N3O2. The van der Waals surface area contributed by atoms with Crippen LogP contribution in [0.25, 0.3) is 0 Å². The van der Waals surface area contributed by atoms with Crippen LogP contribution in [0.15, 0.2) is 24.3 Å². The van der Waals surface area contributed by atoms with Crippen molar-refractivity contribution in [3.63, 3.8) is 0 Å². The van der Waals surface area contributed by atoms with E-state index in [-0.39, 0.29) is 5.41 Å². The molecule has 0 radical (unpaired) electrons. The average Bonchev–Trinajstić information content (AvgIpc) is 2.93. The molecule has 25 heavy (non-hydrogen) atoms. The Labute approximate surface area is 149 Å². The second-order valence-electron chi connectivity index (χ2n) is 7.09. The predicted molar refractivity (Wildman–Crippen MR) is 96.7 cm³/mol. The zero-order chi connectivity index (χ0) is 17.3. The molecule has 1 aromatic carbocycles. The van der Waals surface area contributed by atoms with E-state index >= 15 is 0 Å². The van der Waals surface area contributed by atoms with Gasteiger partial charge >= 0.3 is 0 Å². The molecule has 1 N–H and O–H groups in total. The summed E-state index contributed by atoms with van der Waals surface area (Å²) in [7, 11) is 3.49. The van der Waals surface area contributed by atoms with Crippen LogP contribution in [0.5, 0.6) is 0 Å². The number of nitrogens with zero attached hydrogens (tertiary/aromatic N) is 2. The van der Waals surface area contributed by atoms with Crippen LogP contribution in [0.3, 0.4) is 0 Å². The summed E-state index contributed by atoms with van der Waals surface area (Å²) < 4.78 is 13.3. The minimum atomic E-state index is -0.00712. The number of aromatic nitrogens is 2. The van der Waals surface area contributed by atoms with E-state index in [9.17, 15) is 0 Å². The molecule has 1 saturated heterocycles. The van der Waals surface area contributed by atoms with Crippen LogP contribution in [-0.2, 0) is 41.1 Å². The minimum absolute atomic E-state index is 0.00712. The molecule has 2 aliphatic heterocycles. The smallest absolute Gasteiger partial charge is 0.120 e. The van der Waals surface area contributed by atoms with Gasteiger partial charge in [0.15, 0.2) is 0 Å². The summed E-state index contributed by atoms with van der Waals surface area (Å²) >= 11 is 0. The topological polar surface area (TPSA) is 48.3 Å².